The van der Waals surface area contributed by atoms with Gasteiger partial charge in [-0.2, -0.15) is 0 Å². The van der Waals surface area contributed by atoms with Crippen molar-refractivity contribution in [3.05, 3.63) is 0 Å². The van der Waals surface area contributed by atoms with Gasteiger partial charge in [-0.05, 0) is 61.7 Å². The van der Waals surface area contributed by atoms with Crippen molar-refractivity contribution in [2.24, 2.45) is 23.2 Å². The molecule has 1 heterocycles. The van der Waals surface area contributed by atoms with Gasteiger partial charge in [0, 0.05) is 19.6 Å². The molecule has 5 rings (SSSR count). The highest BCUT2D eigenvalue weighted by molar-refractivity contribution is 5.02. The molecule has 0 aromatic carbocycles. The first-order chi connectivity index (χ1) is 8.31. The monoisotopic (exact) mass is 235 g/mol. The molecule has 2 nitrogen and oxygen atoms in total. The number of piperazine rings is 1. The molecule has 2 N–H and O–H groups in total. The topological polar surface area (TPSA) is 19.9 Å². The first kappa shape index (κ1) is 10.8. The van der Waals surface area contributed by atoms with Crippen LogP contribution in [0.5, 0.6) is 0 Å². The second kappa shape index (κ2) is 3.96. The van der Waals surface area contributed by atoms with E-state index < -0.39 is 0 Å². The van der Waals surface area contributed by atoms with Crippen LogP contribution in [0.4, 0.5) is 0 Å². The van der Waals surface area contributed by atoms with Gasteiger partial charge >= 0.3 is 0 Å². The fourth-order valence-electron chi connectivity index (χ4n) is 5.92. The van der Waals surface area contributed by atoms with Gasteiger partial charge in [-0.1, -0.05) is 0 Å². The Morgan fingerprint density at radius 3 is 1.94 bits per heavy atom. The number of hydrogen-bond donors (Lipinski definition) is 1. The number of hydrogen-bond acceptors (Lipinski definition) is 1. The highest BCUT2D eigenvalue weighted by Crippen LogP contribution is 2.60. The Balaban J connectivity index is 1.48. The van der Waals surface area contributed by atoms with Gasteiger partial charge in [0.1, 0.15) is 0 Å². The zero-order chi connectivity index (χ0) is 11.3. The molecule has 0 unspecified atom stereocenters. The van der Waals surface area contributed by atoms with Gasteiger partial charge < -0.3 is 5.32 Å². The fourth-order valence-corrected chi connectivity index (χ4v) is 5.92. The van der Waals surface area contributed by atoms with Crippen LogP contribution in [-0.2, 0) is 0 Å². The maximum atomic E-state index is 2.78. The number of nitrogens with zero attached hydrogens (tertiary/aromatic N) is 1. The number of quaternary nitrogens is 1. The van der Waals surface area contributed by atoms with Crippen LogP contribution >= 0.6 is 0 Å². The second-order valence-corrected chi connectivity index (χ2v) is 7.56. The SMILES string of the molecule is C1CN(CC23CC4CC(CC(C4)C2)C3)CC[NH2+]1. The molecule has 0 amide bonds. The Kier molecular flexibility index (Phi) is 2.52. The molecule has 0 aromatic rings. The van der Waals surface area contributed by atoms with E-state index in [-0.39, 0.29) is 0 Å². The average Bonchev–Trinajstić information content (AvgIpc) is 2.27. The Bertz CT molecular complexity index is 258. The lowest BCUT2D eigenvalue weighted by molar-refractivity contribution is -0.663. The summed E-state index contributed by atoms with van der Waals surface area (Å²) in [6.45, 7) is 6.83. The molecule has 2 heteroatoms. The van der Waals surface area contributed by atoms with Gasteiger partial charge in [-0.3, -0.25) is 4.90 Å². The van der Waals surface area contributed by atoms with E-state index in [1.165, 1.54) is 32.7 Å². The van der Waals surface area contributed by atoms with E-state index in [1.807, 2.05) is 0 Å². The lowest BCUT2D eigenvalue weighted by Gasteiger charge is -2.58. The molecule has 4 saturated carbocycles. The van der Waals surface area contributed by atoms with Crippen molar-refractivity contribution < 1.29 is 5.32 Å². The predicted molar refractivity (Wildman–Crippen MR) is 68.7 cm³/mol. The molecule has 0 radical (unpaired) electrons. The Hall–Kier alpha value is -0.0800. The molecule has 96 valence electrons. The molecule has 4 aliphatic carbocycles. The summed E-state index contributed by atoms with van der Waals surface area (Å²) >= 11 is 0. The number of nitrogens with two attached hydrogens (primary N) is 1. The van der Waals surface area contributed by atoms with Crippen LogP contribution in [0.15, 0.2) is 0 Å². The summed E-state index contributed by atoms with van der Waals surface area (Å²) in [4.78, 5) is 2.78. The Morgan fingerprint density at radius 1 is 0.882 bits per heavy atom. The van der Waals surface area contributed by atoms with Crippen LogP contribution in [0.2, 0.25) is 0 Å². The minimum absolute atomic E-state index is 0.770. The third-order valence-corrected chi connectivity index (χ3v) is 6.02. The van der Waals surface area contributed by atoms with E-state index in [9.17, 15) is 0 Å². The molecule has 4 bridgehead atoms. The first-order valence-electron chi connectivity index (χ1n) is 7.85. The van der Waals surface area contributed by atoms with Crippen LogP contribution < -0.4 is 5.32 Å². The van der Waals surface area contributed by atoms with Gasteiger partial charge in [0.05, 0.1) is 13.1 Å². The van der Waals surface area contributed by atoms with Gasteiger partial charge in [0.15, 0.2) is 0 Å². The minimum atomic E-state index is 0.770. The molecular formula is C15H27N2+. The second-order valence-electron chi connectivity index (χ2n) is 7.56. The zero-order valence-electron chi connectivity index (χ0n) is 11.0. The van der Waals surface area contributed by atoms with E-state index in [2.05, 4.69) is 10.2 Å². The van der Waals surface area contributed by atoms with Gasteiger partial charge in [0.2, 0.25) is 0 Å². The van der Waals surface area contributed by atoms with E-state index in [0.29, 0.717) is 0 Å². The molecule has 1 saturated heterocycles. The molecule has 5 fully saturated rings. The predicted octanol–water partition coefficient (Wildman–Crippen LogP) is 1.08. The zero-order valence-corrected chi connectivity index (χ0v) is 11.0. The minimum Gasteiger partial charge on any atom is -0.344 e. The van der Waals surface area contributed by atoms with E-state index in [0.717, 1.165) is 23.2 Å². The summed E-state index contributed by atoms with van der Waals surface area (Å²) in [7, 11) is 0. The van der Waals surface area contributed by atoms with Crippen molar-refractivity contribution in [2.75, 3.05) is 32.7 Å². The van der Waals surface area contributed by atoms with Crippen molar-refractivity contribution in [1.29, 1.82) is 0 Å². The van der Waals surface area contributed by atoms with Crippen LogP contribution in [0.3, 0.4) is 0 Å². The third-order valence-electron chi connectivity index (χ3n) is 6.02. The third kappa shape index (κ3) is 1.94. The molecular weight excluding hydrogens is 208 g/mol. The Morgan fingerprint density at radius 2 is 1.41 bits per heavy atom. The fraction of sp³-hybridized carbons (Fsp3) is 1.00. The highest BCUT2D eigenvalue weighted by atomic mass is 15.2. The van der Waals surface area contributed by atoms with Crippen LogP contribution in [0, 0.1) is 23.2 Å². The quantitative estimate of drug-likeness (QED) is 0.759. The maximum Gasteiger partial charge on any atom is 0.0885 e. The molecule has 0 atom stereocenters. The normalized spacial score (nSPS) is 49.8. The molecule has 17 heavy (non-hydrogen) atoms. The summed E-state index contributed by atoms with van der Waals surface area (Å²) in [5.41, 5.74) is 0.770. The standard InChI is InChI=1S/C15H26N2/c1-3-17(4-2-16-1)11-15-8-12-5-13(9-15)7-14(6-12)10-15/h12-14,16H,1-11H2/p+1. The van der Waals surface area contributed by atoms with Crippen LogP contribution in [-0.4, -0.2) is 37.6 Å². The lowest BCUT2D eigenvalue weighted by Crippen LogP contribution is -2.89. The largest absolute Gasteiger partial charge is 0.344 e. The maximum absolute atomic E-state index is 2.78. The summed E-state index contributed by atoms with van der Waals surface area (Å²) in [5.74, 6) is 3.37. The summed E-state index contributed by atoms with van der Waals surface area (Å²) in [6.07, 6.45) is 9.52. The first-order valence-corrected chi connectivity index (χ1v) is 7.85. The highest BCUT2D eigenvalue weighted by Gasteiger charge is 2.51. The van der Waals surface area contributed by atoms with E-state index >= 15 is 0 Å². The average molecular weight is 235 g/mol. The van der Waals surface area contributed by atoms with Crippen molar-refractivity contribution >= 4 is 0 Å². The summed E-state index contributed by atoms with van der Waals surface area (Å²) in [5, 5.41) is 2.48. The van der Waals surface area contributed by atoms with Crippen LogP contribution in [0.1, 0.15) is 38.5 Å². The molecule has 1 aliphatic heterocycles. The number of rotatable bonds is 2. The van der Waals surface area contributed by atoms with Gasteiger partial charge in [-0.25, -0.2) is 0 Å². The van der Waals surface area contributed by atoms with Gasteiger partial charge in [0.25, 0.3) is 0 Å². The van der Waals surface area contributed by atoms with E-state index in [1.54, 1.807) is 38.5 Å². The molecule has 5 aliphatic rings. The van der Waals surface area contributed by atoms with Crippen molar-refractivity contribution in [2.45, 2.75) is 38.5 Å². The Labute approximate surface area is 105 Å². The molecule has 0 spiro atoms. The van der Waals surface area contributed by atoms with Crippen molar-refractivity contribution in [3.63, 3.8) is 0 Å². The molecule has 0 aromatic heterocycles. The van der Waals surface area contributed by atoms with Crippen LogP contribution in [0.25, 0.3) is 0 Å². The smallest absolute Gasteiger partial charge is 0.0885 e. The van der Waals surface area contributed by atoms with E-state index in [4.69, 9.17) is 0 Å². The lowest BCUT2D eigenvalue weighted by atomic mass is 9.49. The van der Waals surface area contributed by atoms with Gasteiger partial charge in [-0.15, -0.1) is 0 Å². The summed E-state index contributed by atoms with van der Waals surface area (Å²) in [6, 6.07) is 0. The summed E-state index contributed by atoms with van der Waals surface area (Å²) < 4.78 is 0. The van der Waals surface area contributed by atoms with Crippen molar-refractivity contribution in [3.8, 4) is 0 Å². The van der Waals surface area contributed by atoms with Crippen molar-refractivity contribution in [1.82, 2.24) is 4.90 Å².